The van der Waals surface area contributed by atoms with Crippen LogP contribution >= 0.6 is 23.2 Å². The molecule has 0 spiro atoms. The fourth-order valence-electron chi connectivity index (χ4n) is 4.62. The van der Waals surface area contributed by atoms with E-state index in [1.165, 1.54) is 29.2 Å². The zero-order valence-electron chi connectivity index (χ0n) is 18.1. The van der Waals surface area contributed by atoms with E-state index in [1.807, 2.05) is 0 Å². The summed E-state index contributed by atoms with van der Waals surface area (Å²) in [4.78, 5) is 18.7. The van der Waals surface area contributed by atoms with Gasteiger partial charge in [-0.2, -0.15) is 13.2 Å². The Morgan fingerprint density at radius 3 is 2.17 bits per heavy atom. The third-order valence-electron chi connectivity index (χ3n) is 7.02. The van der Waals surface area contributed by atoms with E-state index in [0.717, 1.165) is 31.4 Å². The first-order chi connectivity index (χ1) is 16.4. The average molecular weight is 533 g/mol. The van der Waals surface area contributed by atoms with Gasteiger partial charge in [0.15, 0.2) is 11.5 Å². The largest absolute Gasteiger partial charge is 0.435 e. The average Bonchev–Trinajstić information content (AvgIpc) is 3.21. The molecular weight excluding hydrogens is 514 g/mol. The number of carbonyl (C=O) groups excluding carboxylic acids is 1. The van der Waals surface area contributed by atoms with Crippen LogP contribution in [0.15, 0.2) is 41.6 Å². The van der Waals surface area contributed by atoms with E-state index in [1.54, 1.807) is 0 Å². The van der Waals surface area contributed by atoms with Gasteiger partial charge in [0.05, 0.1) is 28.8 Å². The molecule has 1 aliphatic carbocycles. The molecule has 3 aliphatic rings. The fourth-order valence-corrected chi connectivity index (χ4v) is 5.11. The highest BCUT2D eigenvalue weighted by Crippen LogP contribution is 2.50. The van der Waals surface area contributed by atoms with E-state index in [9.17, 15) is 22.4 Å². The van der Waals surface area contributed by atoms with Crippen molar-refractivity contribution in [2.75, 3.05) is 13.1 Å². The minimum Gasteiger partial charge on any atom is -0.374 e. The van der Waals surface area contributed by atoms with Crippen LogP contribution in [0.5, 0.6) is 0 Å². The van der Waals surface area contributed by atoms with E-state index >= 15 is 4.39 Å². The number of carbonyl (C=O) groups is 1. The van der Waals surface area contributed by atoms with Crippen molar-refractivity contribution in [2.45, 2.75) is 43.1 Å². The number of oxime groups is 1. The summed E-state index contributed by atoms with van der Waals surface area (Å²) in [5.41, 5.74) is -4.47. The number of alkyl halides is 4. The monoisotopic (exact) mass is 532 g/mol. The second-order valence-electron chi connectivity index (χ2n) is 9.25. The zero-order chi connectivity index (χ0) is 25.2. The molecule has 4 nitrogen and oxygen atoms in total. The van der Waals surface area contributed by atoms with Gasteiger partial charge in [0.2, 0.25) is 5.91 Å². The molecule has 2 fully saturated rings. The molecule has 1 unspecified atom stereocenters. The van der Waals surface area contributed by atoms with Gasteiger partial charge in [-0.1, -0.05) is 59.0 Å². The molecule has 2 aliphatic heterocycles. The van der Waals surface area contributed by atoms with Crippen molar-refractivity contribution in [1.82, 2.24) is 4.90 Å². The highest BCUT2D eigenvalue weighted by Gasteiger charge is 2.62. The number of rotatable bonds is 4. The topological polar surface area (TPSA) is 41.9 Å². The normalized spacial score (nSPS) is 23.9. The Kier molecular flexibility index (Phi) is 5.79. The fraction of sp³-hybridized carbons (Fsp3) is 0.417. The molecule has 2 aromatic carbocycles. The lowest BCUT2D eigenvalue weighted by atomic mass is 9.81. The van der Waals surface area contributed by atoms with Crippen LogP contribution in [0.3, 0.4) is 0 Å². The SMILES string of the molecule is O=C(C1CCC1)N1CC(F)(c2ccc(C3=NOC(c4cc(Cl)c(F)c(Cl)c4)(C(F)(F)F)C3)cc2)C1. The van der Waals surface area contributed by atoms with E-state index in [-0.39, 0.29) is 30.6 Å². The van der Waals surface area contributed by atoms with Crippen molar-refractivity contribution in [3.63, 3.8) is 0 Å². The predicted molar refractivity (Wildman–Crippen MR) is 120 cm³/mol. The maximum absolute atomic E-state index is 15.3. The van der Waals surface area contributed by atoms with Gasteiger partial charge < -0.3 is 9.74 Å². The second kappa shape index (κ2) is 8.34. The van der Waals surface area contributed by atoms with Crippen LogP contribution in [-0.2, 0) is 20.9 Å². The molecule has 2 heterocycles. The molecule has 1 saturated heterocycles. The first-order valence-corrected chi connectivity index (χ1v) is 11.7. The van der Waals surface area contributed by atoms with Crippen molar-refractivity contribution in [1.29, 1.82) is 0 Å². The summed E-state index contributed by atoms with van der Waals surface area (Å²) in [6.45, 7) is -0.0932. The van der Waals surface area contributed by atoms with Crippen LogP contribution < -0.4 is 0 Å². The van der Waals surface area contributed by atoms with E-state index in [0.29, 0.717) is 11.1 Å². The molecule has 0 aromatic heterocycles. The van der Waals surface area contributed by atoms with E-state index < -0.39 is 45.3 Å². The zero-order valence-corrected chi connectivity index (χ0v) is 19.7. The third-order valence-corrected chi connectivity index (χ3v) is 7.57. The number of likely N-dealkylation sites (tertiary alicyclic amines) is 1. The molecule has 186 valence electrons. The van der Waals surface area contributed by atoms with Gasteiger partial charge >= 0.3 is 6.18 Å². The Labute approximate surface area is 207 Å². The van der Waals surface area contributed by atoms with Gasteiger partial charge in [0.1, 0.15) is 0 Å². The molecule has 0 bridgehead atoms. The Hall–Kier alpha value is -2.39. The summed E-state index contributed by atoms with van der Waals surface area (Å²) in [7, 11) is 0. The van der Waals surface area contributed by atoms with E-state index in [2.05, 4.69) is 5.16 Å². The Balaban J connectivity index is 1.34. The summed E-state index contributed by atoms with van der Waals surface area (Å²) in [6.07, 6.45) is -2.95. The lowest BCUT2D eigenvalue weighted by Gasteiger charge is -2.47. The van der Waals surface area contributed by atoms with Crippen LogP contribution in [0.2, 0.25) is 10.0 Å². The number of amides is 1. The standard InChI is InChI=1S/C24H19Cl2F5N2O2/c25-17-8-16(9-18(26)20(17)27)23(24(29,30)31)10-19(32-35-23)13-4-6-15(7-5-13)22(28)11-33(12-22)21(34)14-2-1-3-14/h4-9,14H,1-3,10-12H2. The van der Waals surface area contributed by atoms with Crippen molar-refractivity contribution >= 4 is 34.8 Å². The van der Waals surface area contributed by atoms with Gasteiger partial charge in [-0.15, -0.1) is 0 Å². The maximum Gasteiger partial charge on any atom is 0.435 e. The summed E-state index contributed by atoms with van der Waals surface area (Å²) >= 11 is 11.4. The molecular formula is C24H19Cl2F5N2O2. The van der Waals surface area contributed by atoms with Gasteiger partial charge in [0, 0.05) is 17.9 Å². The highest BCUT2D eigenvalue weighted by atomic mass is 35.5. The van der Waals surface area contributed by atoms with E-state index in [4.69, 9.17) is 28.0 Å². The number of halogens is 7. The van der Waals surface area contributed by atoms with Gasteiger partial charge in [0.25, 0.3) is 5.60 Å². The molecule has 1 saturated carbocycles. The summed E-state index contributed by atoms with van der Waals surface area (Å²) < 4.78 is 71.6. The van der Waals surface area contributed by atoms with Crippen LogP contribution in [-0.4, -0.2) is 35.8 Å². The van der Waals surface area contributed by atoms with Crippen LogP contribution in [0.4, 0.5) is 22.0 Å². The Morgan fingerprint density at radius 1 is 1.06 bits per heavy atom. The third kappa shape index (κ3) is 3.96. The predicted octanol–water partition coefficient (Wildman–Crippen LogP) is 6.52. The van der Waals surface area contributed by atoms with Crippen LogP contribution in [0.25, 0.3) is 0 Å². The van der Waals surface area contributed by atoms with Gasteiger partial charge in [-0.05, 0) is 36.1 Å². The Morgan fingerprint density at radius 2 is 1.66 bits per heavy atom. The number of hydrogen-bond acceptors (Lipinski definition) is 3. The molecule has 35 heavy (non-hydrogen) atoms. The van der Waals surface area contributed by atoms with Gasteiger partial charge in [-0.3, -0.25) is 4.79 Å². The lowest BCUT2D eigenvalue weighted by Crippen LogP contribution is -2.60. The smallest absolute Gasteiger partial charge is 0.374 e. The number of hydrogen-bond donors (Lipinski definition) is 0. The minimum absolute atomic E-state index is 0.0120. The number of nitrogens with zero attached hydrogens (tertiary/aromatic N) is 2. The minimum atomic E-state index is -4.92. The van der Waals surface area contributed by atoms with Crippen molar-refractivity contribution in [3.05, 3.63) is 69.0 Å². The first-order valence-electron chi connectivity index (χ1n) is 11.0. The van der Waals surface area contributed by atoms with Crippen molar-refractivity contribution in [2.24, 2.45) is 11.1 Å². The summed E-state index contributed by atoms with van der Waals surface area (Å²) in [5, 5.41) is 2.50. The number of benzene rings is 2. The van der Waals surface area contributed by atoms with Crippen molar-refractivity contribution in [3.8, 4) is 0 Å². The molecule has 11 heteroatoms. The highest BCUT2D eigenvalue weighted by molar-refractivity contribution is 6.35. The summed E-state index contributed by atoms with van der Waals surface area (Å²) in [5.74, 6) is -1.07. The molecule has 5 rings (SSSR count). The molecule has 0 N–H and O–H groups in total. The lowest BCUT2D eigenvalue weighted by molar-refractivity contribution is -0.275. The molecule has 1 atom stereocenters. The van der Waals surface area contributed by atoms with Crippen LogP contribution in [0.1, 0.15) is 42.4 Å². The van der Waals surface area contributed by atoms with Gasteiger partial charge in [-0.25, -0.2) is 8.78 Å². The van der Waals surface area contributed by atoms with Crippen molar-refractivity contribution < 1.29 is 31.6 Å². The first kappa shape index (κ1) is 24.3. The summed E-state index contributed by atoms with van der Waals surface area (Å²) in [6, 6.07) is 7.51. The van der Waals surface area contributed by atoms with Crippen LogP contribution in [0, 0.1) is 11.7 Å². The molecule has 2 aromatic rings. The molecule has 0 radical (unpaired) electrons. The Bertz CT molecular complexity index is 1180. The second-order valence-corrected chi connectivity index (χ2v) is 10.1. The maximum atomic E-state index is 15.3. The quantitative estimate of drug-likeness (QED) is 0.332. The molecule has 1 amide bonds.